The van der Waals surface area contributed by atoms with Gasteiger partial charge in [0.25, 0.3) is 0 Å². The Balaban J connectivity index is 2.82. The molecule has 0 aliphatic rings. The maximum atomic E-state index is 4.22. The predicted octanol–water partition coefficient (Wildman–Crippen LogP) is 1.57. The van der Waals surface area contributed by atoms with Crippen LogP contribution in [-0.4, -0.2) is 14.8 Å². The Kier molecular flexibility index (Phi) is 1.56. The molecule has 0 saturated carbocycles. The van der Waals surface area contributed by atoms with Crippen LogP contribution in [0.3, 0.4) is 0 Å². The normalized spacial score (nSPS) is 10.7. The van der Waals surface area contributed by atoms with Crippen molar-refractivity contribution in [2.24, 2.45) is 7.05 Å². The molecular weight excluding hydrogens is 253 g/mol. The van der Waals surface area contributed by atoms with E-state index in [0.717, 1.165) is 14.6 Å². The summed E-state index contributed by atoms with van der Waals surface area (Å²) in [5.74, 6) is 0. The van der Waals surface area contributed by atoms with Crippen molar-refractivity contribution >= 4 is 33.6 Å². The van der Waals surface area contributed by atoms with Gasteiger partial charge >= 0.3 is 0 Å². The lowest BCUT2D eigenvalue weighted by Gasteiger charge is -1.86. The summed E-state index contributed by atoms with van der Waals surface area (Å²) in [5.41, 5.74) is 1.91. The Hall–Kier alpha value is -0.650. The van der Waals surface area contributed by atoms with Crippen molar-refractivity contribution in [3.05, 3.63) is 22.0 Å². The van der Waals surface area contributed by atoms with Gasteiger partial charge in [-0.05, 0) is 28.7 Å². The summed E-state index contributed by atoms with van der Waals surface area (Å²) in [5, 5.41) is 4.22. The first kappa shape index (κ1) is 7.02. The lowest BCUT2D eigenvalue weighted by Crippen LogP contribution is -1.84. The van der Waals surface area contributed by atoms with Crippen molar-refractivity contribution in [1.29, 1.82) is 0 Å². The predicted molar refractivity (Wildman–Crippen MR) is 51.2 cm³/mol. The summed E-state index contributed by atoms with van der Waals surface area (Å²) in [6, 6.07) is 2.02. The Morgan fingerprint density at radius 3 is 3.09 bits per heavy atom. The molecule has 0 aromatic carbocycles. The van der Waals surface area contributed by atoms with Gasteiger partial charge in [-0.2, -0.15) is 5.10 Å². The van der Waals surface area contributed by atoms with E-state index in [1.165, 1.54) is 0 Å². The number of fused-ring (bicyclic) bond motifs is 1. The van der Waals surface area contributed by atoms with E-state index in [2.05, 4.69) is 32.7 Å². The zero-order valence-electron chi connectivity index (χ0n) is 5.95. The minimum atomic E-state index is 0.952. The minimum absolute atomic E-state index is 0.952. The number of hydrogen-bond donors (Lipinski definition) is 0. The second-order valence-electron chi connectivity index (χ2n) is 2.36. The molecule has 0 spiro atoms. The topological polar surface area (TPSA) is 30.7 Å². The van der Waals surface area contributed by atoms with E-state index in [1.54, 1.807) is 4.68 Å². The molecule has 11 heavy (non-hydrogen) atoms. The number of rotatable bonds is 0. The Bertz CT molecular complexity index is 393. The summed E-state index contributed by atoms with van der Waals surface area (Å²) >= 11 is 2.23. The van der Waals surface area contributed by atoms with Crippen molar-refractivity contribution in [2.45, 2.75) is 0 Å². The molecule has 0 radical (unpaired) electrons. The number of halogens is 1. The smallest absolute Gasteiger partial charge is 0.112 e. The van der Waals surface area contributed by atoms with Crippen LogP contribution < -0.4 is 0 Å². The highest BCUT2D eigenvalue weighted by molar-refractivity contribution is 14.1. The van der Waals surface area contributed by atoms with Crippen LogP contribution in [0.5, 0.6) is 0 Å². The summed E-state index contributed by atoms with van der Waals surface area (Å²) in [4.78, 5) is 4.21. The quantitative estimate of drug-likeness (QED) is 0.672. The highest BCUT2D eigenvalue weighted by Gasteiger charge is 1.98. The van der Waals surface area contributed by atoms with Gasteiger partial charge in [-0.15, -0.1) is 0 Å². The van der Waals surface area contributed by atoms with E-state index >= 15 is 0 Å². The van der Waals surface area contributed by atoms with Crippen LogP contribution in [0.4, 0.5) is 0 Å². The Morgan fingerprint density at radius 1 is 1.45 bits per heavy atom. The third-order valence-corrected chi connectivity index (χ3v) is 2.03. The van der Waals surface area contributed by atoms with Gasteiger partial charge in [0, 0.05) is 16.8 Å². The Morgan fingerprint density at radius 2 is 2.27 bits per heavy atom. The fraction of sp³-hybridized carbons (Fsp3) is 0.143. The molecule has 0 unspecified atom stereocenters. The van der Waals surface area contributed by atoms with Gasteiger partial charge in [0.1, 0.15) is 11.0 Å². The van der Waals surface area contributed by atoms with Crippen LogP contribution in [0.2, 0.25) is 0 Å². The third kappa shape index (κ3) is 1.22. The molecule has 2 rings (SSSR count). The van der Waals surface area contributed by atoms with Crippen LogP contribution in [0.25, 0.3) is 11.0 Å². The molecule has 0 saturated heterocycles. The van der Waals surface area contributed by atoms with Crippen LogP contribution >= 0.6 is 22.6 Å². The van der Waals surface area contributed by atoms with Gasteiger partial charge < -0.3 is 0 Å². The summed E-state index contributed by atoms with van der Waals surface area (Å²) in [6.07, 6.45) is 3.75. The maximum absolute atomic E-state index is 4.22. The fourth-order valence-electron chi connectivity index (χ4n) is 0.995. The van der Waals surface area contributed by atoms with Gasteiger partial charge in [-0.25, -0.2) is 0 Å². The van der Waals surface area contributed by atoms with Crippen LogP contribution in [0.1, 0.15) is 0 Å². The van der Waals surface area contributed by atoms with Gasteiger partial charge in [0.05, 0.1) is 6.20 Å². The molecule has 0 bridgehead atoms. The second-order valence-corrected chi connectivity index (χ2v) is 3.61. The fourth-order valence-corrected chi connectivity index (χ4v) is 1.43. The molecule has 0 aliphatic heterocycles. The molecule has 3 nitrogen and oxygen atoms in total. The van der Waals surface area contributed by atoms with Crippen molar-refractivity contribution in [1.82, 2.24) is 14.8 Å². The highest BCUT2D eigenvalue weighted by atomic mass is 127. The SMILES string of the molecule is Cn1cc2ncc(I)cc2n1. The number of aryl methyl sites for hydroxylation is 1. The van der Waals surface area contributed by atoms with Gasteiger partial charge in [-0.1, -0.05) is 0 Å². The summed E-state index contributed by atoms with van der Waals surface area (Å²) < 4.78 is 2.89. The number of hydrogen-bond acceptors (Lipinski definition) is 2. The number of pyridine rings is 1. The lowest BCUT2D eigenvalue weighted by atomic mass is 10.4. The first-order valence-electron chi connectivity index (χ1n) is 3.20. The number of aromatic nitrogens is 3. The van der Waals surface area contributed by atoms with E-state index in [-0.39, 0.29) is 0 Å². The molecule has 4 heteroatoms. The molecule has 56 valence electrons. The van der Waals surface area contributed by atoms with E-state index in [0.29, 0.717) is 0 Å². The van der Waals surface area contributed by atoms with Gasteiger partial charge in [0.2, 0.25) is 0 Å². The zero-order chi connectivity index (χ0) is 7.84. The third-order valence-electron chi connectivity index (χ3n) is 1.44. The lowest BCUT2D eigenvalue weighted by molar-refractivity contribution is 0.779. The first-order valence-corrected chi connectivity index (χ1v) is 4.28. The highest BCUT2D eigenvalue weighted by Crippen LogP contribution is 2.11. The van der Waals surface area contributed by atoms with Crippen LogP contribution in [-0.2, 0) is 7.05 Å². The Labute approximate surface area is 77.6 Å². The van der Waals surface area contributed by atoms with E-state index in [1.807, 2.05) is 25.5 Å². The van der Waals surface area contributed by atoms with Crippen LogP contribution in [0, 0.1) is 3.57 Å². The standard InChI is InChI=1S/C7H6IN3/c1-11-4-7-6(10-11)2-5(8)3-9-7/h2-4H,1H3. The maximum Gasteiger partial charge on any atom is 0.112 e. The number of nitrogens with zero attached hydrogens (tertiary/aromatic N) is 3. The minimum Gasteiger partial charge on any atom is -0.273 e. The van der Waals surface area contributed by atoms with E-state index < -0.39 is 0 Å². The molecule has 0 atom stereocenters. The van der Waals surface area contributed by atoms with Crippen molar-refractivity contribution < 1.29 is 0 Å². The molecule has 0 amide bonds. The van der Waals surface area contributed by atoms with Crippen LogP contribution in [0.15, 0.2) is 18.5 Å². The molecule has 0 N–H and O–H groups in total. The van der Waals surface area contributed by atoms with E-state index in [4.69, 9.17) is 0 Å². The first-order chi connectivity index (χ1) is 5.25. The zero-order valence-corrected chi connectivity index (χ0v) is 8.11. The molecule has 2 aromatic heterocycles. The molecule has 2 aromatic rings. The van der Waals surface area contributed by atoms with Gasteiger partial charge in [0.15, 0.2) is 0 Å². The van der Waals surface area contributed by atoms with E-state index in [9.17, 15) is 0 Å². The molecule has 2 heterocycles. The molecule has 0 fully saturated rings. The van der Waals surface area contributed by atoms with Crippen molar-refractivity contribution in [3.63, 3.8) is 0 Å². The average Bonchev–Trinajstić information content (AvgIpc) is 2.27. The average molecular weight is 259 g/mol. The second kappa shape index (κ2) is 2.44. The van der Waals surface area contributed by atoms with Crippen molar-refractivity contribution in [3.8, 4) is 0 Å². The largest absolute Gasteiger partial charge is 0.273 e. The van der Waals surface area contributed by atoms with Gasteiger partial charge in [-0.3, -0.25) is 9.67 Å². The molecular formula is C7H6IN3. The van der Waals surface area contributed by atoms with Crippen molar-refractivity contribution in [2.75, 3.05) is 0 Å². The monoisotopic (exact) mass is 259 g/mol. The summed E-state index contributed by atoms with van der Waals surface area (Å²) in [6.45, 7) is 0. The summed E-state index contributed by atoms with van der Waals surface area (Å²) in [7, 11) is 1.90. The molecule has 0 aliphatic carbocycles.